The van der Waals surface area contributed by atoms with Crippen LogP contribution in [-0.2, 0) is 5.41 Å². The van der Waals surface area contributed by atoms with E-state index in [1.165, 1.54) is 110 Å². The topological polar surface area (TPSA) is 9.86 Å². The van der Waals surface area contributed by atoms with Crippen molar-refractivity contribution < 1.29 is 0 Å². The Labute approximate surface area is 331 Å². The number of nitrogens with zero attached hydrogens (tertiary/aromatic N) is 2. The second-order valence-corrected chi connectivity index (χ2v) is 16.1. The van der Waals surface area contributed by atoms with Crippen LogP contribution >= 0.6 is 0 Å². The van der Waals surface area contributed by atoms with Crippen molar-refractivity contribution in [2.45, 2.75) is 19.3 Å². The van der Waals surface area contributed by atoms with Crippen LogP contribution in [0.3, 0.4) is 0 Å². The fraction of sp³-hybridized carbons (Fsp3) is 0.0545. The molecule has 12 rings (SSSR count). The Morgan fingerprint density at radius 2 is 0.912 bits per heavy atom. The highest BCUT2D eigenvalue weighted by atomic mass is 15.0. The molecule has 0 unspecified atom stereocenters. The molecule has 57 heavy (non-hydrogen) atoms. The van der Waals surface area contributed by atoms with Crippen LogP contribution in [0.1, 0.15) is 25.0 Å². The molecule has 0 atom stereocenters. The smallest absolute Gasteiger partial charge is 0.0544 e. The van der Waals surface area contributed by atoms with Crippen LogP contribution in [0.4, 0.5) is 0 Å². The summed E-state index contributed by atoms with van der Waals surface area (Å²) < 4.78 is 4.92. The number of hydrogen-bond donors (Lipinski definition) is 0. The van der Waals surface area contributed by atoms with Crippen LogP contribution in [0.25, 0.3) is 99.1 Å². The first-order chi connectivity index (χ1) is 28.0. The number of fused-ring (bicyclic) bond motifs is 10. The third-order valence-corrected chi connectivity index (χ3v) is 12.7. The molecule has 0 radical (unpaired) electrons. The van der Waals surface area contributed by atoms with E-state index in [9.17, 15) is 0 Å². The summed E-state index contributed by atoms with van der Waals surface area (Å²) in [6.45, 7) is 4.74. The monoisotopic (exact) mass is 726 g/mol. The van der Waals surface area contributed by atoms with Crippen LogP contribution < -0.4 is 0 Å². The molecule has 0 fully saturated rings. The Morgan fingerprint density at radius 3 is 1.72 bits per heavy atom. The predicted octanol–water partition coefficient (Wildman–Crippen LogP) is 14.7. The third-order valence-electron chi connectivity index (χ3n) is 12.7. The van der Waals surface area contributed by atoms with E-state index >= 15 is 0 Å². The average molecular weight is 727 g/mol. The molecular formula is C55H38N2. The van der Waals surface area contributed by atoms with Crippen molar-refractivity contribution in [3.05, 3.63) is 205 Å². The fourth-order valence-electron chi connectivity index (χ4n) is 9.92. The van der Waals surface area contributed by atoms with Gasteiger partial charge in [0.15, 0.2) is 0 Å². The molecule has 0 saturated heterocycles. The second-order valence-electron chi connectivity index (χ2n) is 16.1. The van der Waals surface area contributed by atoms with Gasteiger partial charge in [-0.3, -0.25) is 0 Å². The highest BCUT2D eigenvalue weighted by molar-refractivity contribution is 6.14. The maximum absolute atomic E-state index is 2.48. The summed E-state index contributed by atoms with van der Waals surface area (Å²) >= 11 is 0. The minimum atomic E-state index is -0.0929. The fourth-order valence-corrected chi connectivity index (χ4v) is 9.92. The van der Waals surface area contributed by atoms with Gasteiger partial charge in [-0.25, -0.2) is 0 Å². The largest absolute Gasteiger partial charge is 0.309 e. The summed E-state index contributed by atoms with van der Waals surface area (Å²) in [7, 11) is 0. The van der Waals surface area contributed by atoms with Gasteiger partial charge in [0.2, 0.25) is 0 Å². The Hall–Kier alpha value is -7.16. The highest BCUT2D eigenvalue weighted by Crippen LogP contribution is 2.51. The number of benzene rings is 9. The molecule has 268 valence electrons. The molecule has 1 aliphatic carbocycles. The van der Waals surface area contributed by atoms with Gasteiger partial charge >= 0.3 is 0 Å². The van der Waals surface area contributed by atoms with Gasteiger partial charge < -0.3 is 9.13 Å². The van der Waals surface area contributed by atoms with Gasteiger partial charge in [-0.15, -0.1) is 0 Å². The van der Waals surface area contributed by atoms with Crippen molar-refractivity contribution in [2.24, 2.45) is 0 Å². The Kier molecular flexibility index (Phi) is 6.72. The van der Waals surface area contributed by atoms with Gasteiger partial charge in [-0.05, 0) is 111 Å². The van der Waals surface area contributed by atoms with Crippen LogP contribution in [0.5, 0.6) is 0 Å². The van der Waals surface area contributed by atoms with Gasteiger partial charge in [0.1, 0.15) is 0 Å². The van der Waals surface area contributed by atoms with Crippen LogP contribution in [0.15, 0.2) is 194 Å². The van der Waals surface area contributed by atoms with E-state index in [1.54, 1.807) is 0 Å². The van der Waals surface area contributed by atoms with Crippen LogP contribution in [0, 0.1) is 0 Å². The van der Waals surface area contributed by atoms with E-state index < -0.39 is 0 Å². The second kappa shape index (κ2) is 11.9. The molecule has 0 N–H and O–H groups in total. The Morgan fingerprint density at radius 1 is 0.333 bits per heavy atom. The van der Waals surface area contributed by atoms with E-state index in [1.807, 2.05) is 0 Å². The minimum Gasteiger partial charge on any atom is -0.309 e. The van der Waals surface area contributed by atoms with Crippen LogP contribution in [0.2, 0.25) is 0 Å². The van der Waals surface area contributed by atoms with Gasteiger partial charge in [-0.2, -0.15) is 0 Å². The Bertz CT molecular complexity index is 3410. The number of hydrogen-bond acceptors (Lipinski definition) is 0. The molecule has 2 heteroatoms. The number of para-hydroxylation sites is 1. The Balaban J connectivity index is 1.08. The normalized spacial score (nSPS) is 13.2. The van der Waals surface area contributed by atoms with E-state index in [4.69, 9.17) is 0 Å². The number of rotatable bonds is 4. The van der Waals surface area contributed by atoms with Gasteiger partial charge in [0, 0.05) is 38.0 Å². The molecular weight excluding hydrogens is 689 g/mol. The minimum absolute atomic E-state index is 0.0929. The lowest BCUT2D eigenvalue weighted by Crippen LogP contribution is -2.14. The van der Waals surface area contributed by atoms with Crippen LogP contribution in [-0.4, -0.2) is 9.13 Å². The van der Waals surface area contributed by atoms with Gasteiger partial charge in [-0.1, -0.05) is 147 Å². The molecule has 0 saturated carbocycles. The van der Waals surface area contributed by atoms with Crippen molar-refractivity contribution in [2.75, 3.05) is 0 Å². The predicted molar refractivity (Wildman–Crippen MR) is 241 cm³/mol. The summed E-state index contributed by atoms with van der Waals surface area (Å²) in [6, 6.07) is 71.9. The first kappa shape index (κ1) is 32.1. The quantitative estimate of drug-likeness (QED) is 0.171. The van der Waals surface area contributed by atoms with E-state index in [0.717, 1.165) is 0 Å². The molecule has 0 aliphatic heterocycles. The molecule has 0 spiro atoms. The lowest BCUT2D eigenvalue weighted by Gasteiger charge is -2.21. The zero-order valence-corrected chi connectivity index (χ0v) is 31.9. The summed E-state index contributed by atoms with van der Waals surface area (Å²) in [6.07, 6.45) is 0. The summed E-state index contributed by atoms with van der Waals surface area (Å²) in [4.78, 5) is 0. The maximum Gasteiger partial charge on any atom is 0.0544 e. The number of aromatic nitrogens is 2. The summed E-state index contributed by atoms with van der Waals surface area (Å²) in [5.74, 6) is 0. The van der Waals surface area contributed by atoms with Crippen molar-refractivity contribution in [1.82, 2.24) is 9.13 Å². The molecule has 0 amide bonds. The SMILES string of the molecule is CC1(C)c2ccccc2-c2cc3c4cc(-c5ccc6c(c5)c5ccccc5n6-c5cccc6ccccc56)ccc4n(-c4ccc(-c5ccccc5)cc4)c3cc21. The molecule has 2 heterocycles. The lowest BCUT2D eigenvalue weighted by atomic mass is 9.82. The van der Waals surface area contributed by atoms with E-state index in [0.29, 0.717) is 0 Å². The van der Waals surface area contributed by atoms with E-state index in [-0.39, 0.29) is 5.41 Å². The highest BCUT2D eigenvalue weighted by Gasteiger charge is 2.36. The first-order valence-corrected chi connectivity index (χ1v) is 19.9. The van der Waals surface area contributed by atoms with Gasteiger partial charge in [0.25, 0.3) is 0 Å². The zero-order valence-electron chi connectivity index (χ0n) is 31.9. The van der Waals surface area contributed by atoms with Crippen molar-refractivity contribution in [3.8, 4) is 44.8 Å². The summed E-state index contributed by atoms with van der Waals surface area (Å²) in [5, 5.41) is 7.55. The molecule has 1 aliphatic rings. The van der Waals surface area contributed by atoms with Crippen molar-refractivity contribution >= 4 is 54.4 Å². The maximum atomic E-state index is 2.48. The van der Waals surface area contributed by atoms with Crippen molar-refractivity contribution in [3.63, 3.8) is 0 Å². The third kappa shape index (κ3) is 4.65. The first-order valence-electron chi connectivity index (χ1n) is 19.9. The zero-order chi connectivity index (χ0) is 37.8. The molecule has 9 aromatic carbocycles. The average Bonchev–Trinajstić information content (AvgIpc) is 3.85. The van der Waals surface area contributed by atoms with Crippen molar-refractivity contribution in [1.29, 1.82) is 0 Å². The molecule has 0 bridgehead atoms. The molecule has 2 aromatic heterocycles. The standard InChI is InChI=1S/C55H38N2/c1-55(2)48-20-10-8-18-42(48)44-33-47-46-32-39(25-29-52(46)56(54(47)34-49(44)55)40-27-23-36(24-28-40)35-13-4-3-5-14-35)38-26-30-53-45(31-38)43-19-9-11-21-51(43)57(53)50-22-12-16-37-15-6-7-17-41(37)50/h3-34H,1-2H3. The van der Waals surface area contributed by atoms with Gasteiger partial charge in [0.05, 0.1) is 27.8 Å². The van der Waals surface area contributed by atoms with E-state index in [2.05, 4.69) is 217 Å². The lowest BCUT2D eigenvalue weighted by molar-refractivity contribution is 0.661. The summed E-state index contributed by atoms with van der Waals surface area (Å²) in [5.41, 5.74) is 17.5. The molecule has 2 nitrogen and oxygen atoms in total. The molecule has 11 aromatic rings.